The van der Waals surface area contributed by atoms with Gasteiger partial charge in [0.05, 0.1) is 33.6 Å². The zero-order chi connectivity index (χ0) is 22.1. The van der Waals surface area contributed by atoms with Crippen LogP contribution in [0.1, 0.15) is 23.6 Å². The Balaban J connectivity index is 1.59. The van der Waals surface area contributed by atoms with Crippen molar-refractivity contribution in [1.82, 2.24) is 19.5 Å². The highest BCUT2D eigenvalue weighted by Gasteiger charge is 2.18. The highest BCUT2D eigenvalue weighted by atomic mass is 32.2. The van der Waals surface area contributed by atoms with E-state index in [-0.39, 0.29) is 16.4 Å². The Bertz CT molecular complexity index is 1540. The van der Waals surface area contributed by atoms with Crippen LogP contribution in [0.3, 0.4) is 0 Å². The van der Waals surface area contributed by atoms with E-state index in [4.69, 9.17) is 4.98 Å². The topological polar surface area (TPSA) is 80.6 Å². The van der Waals surface area contributed by atoms with Gasteiger partial charge in [-0.1, -0.05) is 66.4 Å². The summed E-state index contributed by atoms with van der Waals surface area (Å²) in [6.45, 7) is 2.36. The van der Waals surface area contributed by atoms with Crippen LogP contribution in [-0.2, 0) is 6.54 Å². The number of aromatic amines is 1. The molecule has 0 spiro atoms. The van der Waals surface area contributed by atoms with Gasteiger partial charge in [-0.25, -0.2) is 9.97 Å². The summed E-state index contributed by atoms with van der Waals surface area (Å²) in [5, 5.41) is 1.50. The van der Waals surface area contributed by atoms with Crippen LogP contribution >= 0.6 is 11.8 Å². The van der Waals surface area contributed by atoms with E-state index in [9.17, 15) is 9.59 Å². The van der Waals surface area contributed by atoms with Gasteiger partial charge in [0.2, 0.25) is 0 Å². The molecule has 0 radical (unpaired) electrons. The molecule has 3 aromatic carbocycles. The van der Waals surface area contributed by atoms with E-state index in [2.05, 4.69) is 9.97 Å². The summed E-state index contributed by atoms with van der Waals surface area (Å²) in [7, 11) is 0. The SMILES string of the molecule is CC(Sc1nc2ccccc2c(=O)n1Cc1ccccc1)c1nc2ccccc2c(=O)[nH]1. The van der Waals surface area contributed by atoms with Gasteiger partial charge >= 0.3 is 0 Å². The van der Waals surface area contributed by atoms with Gasteiger partial charge in [0.1, 0.15) is 5.82 Å². The van der Waals surface area contributed by atoms with E-state index >= 15 is 0 Å². The van der Waals surface area contributed by atoms with Gasteiger partial charge in [0.25, 0.3) is 11.1 Å². The number of rotatable bonds is 5. The normalized spacial score (nSPS) is 12.3. The molecule has 158 valence electrons. The third-order valence-corrected chi connectivity index (χ3v) is 6.41. The van der Waals surface area contributed by atoms with Crippen molar-refractivity contribution in [2.24, 2.45) is 0 Å². The van der Waals surface area contributed by atoms with Crippen LogP contribution < -0.4 is 11.1 Å². The molecule has 0 bridgehead atoms. The van der Waals surface area contributed by atoms with Crippen molar-refractivity contribution in [2.45, 2.75) is 23.9 Å². The van der Waals surface area contributed by atoms with Crippen LogP contribution in [0.25, 0.3) is 21.8 Å². The van der Waals surface area contributed by atoms with E-state index in [1.807, 2.05) is 73.7 Å². The van der Waals surface area contributed by atoms with Gasteiger partial charge < -0.3 is 4.98 Å². The molecule has 0 aliphatic heterocycles. The molecule has 0 fully saturated rings. The maximum absolute atomic E-state index is 13.3. The van der Waals surface area contributed by atoms with Crippen LogP contribution in [-0.4, -0.2) is 19.5 Å². The molecule has 32 heavy (non-hydrogen) atoms. The van der Waals surface area contributed by atoms with Crippen molar-refractivity contribution < 1.29 is 0 Å². The van der Waals surface area contributed by atoms with Crippen molar-refractivity contribution in [1.29, 1.82) is 0 Å². The third-order valence-electron chi connectivity index (χ3n) is 5.31. The lowest BCUT2D eigenvalue weighted by Gasteiger charge is -2.16. The number of nitrogens with zero attached hydrogens (tertiary/aromatic N) is 3. The van der Waals surface area contributed by atoms with Crippen molar-refractivity contribution in [3.63, 3.8) is 0 Å². The predicted octanol–water partition coefficient (Wildman–Crippen LogP) is 4.53. The smallest absolute Gasteiger partial charge is 0.262 e. The zero-order valence-corrected chi connectivity index (χ0v) is 18.2. The zero-order valence-electron chi connectivity index (χ0n) is 17.4. The lowest BCUT2D eigenvalue weighted by Crippen LogP contribution is -2.24. The fourth-order valence-corrected chi connectivity index (χ4v) is 4.62. The second-order valence-electron chi connectivity index (χ2n) is 7.52. The van der Waals surface area contributed by atoms with Gasteiger partial charge in [-0.05, 0) is 36.8 Å². The van der Waals surface area contributed by atoms with Gasteiger partial charge in [-0.15, -0.1) is 0 Å². The van der Waals surface area contributed by atoms with E-state index in [0.717, 1.165) is 5.56 Å². The minimum Gasteiger partial charge on any atom is -0.309 e. The average molecular weight is 441 g/mol. The first-order chi connectivity index (χ1) is 15.6. The number of nitrogens with one attached hydrogen (secondary N) is 1. The van der Waals surface area contributed by atoms with E-state index in [1.54, 1.807) is 16.7 Å². The molecule has 1 atom stereocenters. The second kappa shape index (κ2) is 8.43. The number of benzene rings is 3. The first-order valence-corrected chi connectivity index (χ1v) is 11.2. The summed E-state index contributed by atoms with van der Waals surface area (Å²) in [6.07, 6.45) is 0. The first kappa shape index (κ1) is 20.2. The quantitative estimate of drug-likeness (QED) is 0.321. The predicted molar refractivity (Wildman–Crippen MR) is 128 cm³/mol. The summed E-state index contributed by atoms with van der Waals surface area (Å²) in [5.74, 6) is 0.548. The highest BCUT2D eigenvalue weighted by molar-refractivity contribution is 7.99. The van der Waals surface area contributed by atoms with Gasteiger partial charge in [0.15, 0.2) is 5.16 Å². The number of hydrogen-bond donors (Lipinski definition) is 1. The van der Waals surface area contributed by atoms with E-state index in [1.165, 1.54) is 11.8 Å². The minimum absolute atomic E-state index is 0.0888. The van der Waals surface area contributed by atoms with Gasteiger partial charge in [0, 0.05) is 0 Å². The summed E-state index contributed by atoms with van der Waals surface area (Å²) < 4.78 is 1.69. The molecular formula is C25H20N4O2S. The molecule has 2 heterocycles. The van der Waals surface area contributed by atoms with Crippen molar-refractivity contribution >= 4 is 33.6 Å². The van der Waals surface area contributed by atoms with E-state index in [0.29, 0.717) is 39.3 Å². The number of para-hydroxylation sites is 2. The van der Waals surface area contributed by atoms with Crippen LogP contribution in [0.4, 0.5) is 0 Å². The number of H-pyrrole nitrogens is 1. The van der Waals surface area contributed by atoms with Gasteiger partial charge in [-0.3, -0.25) is 14.2 Å². The van der Waals surface area contributed by atoms with Crippen LogP contribution in [0, 0.1) is 0 Å². The number of thioether (sulfide) groups is 1. The molecule has 6 nitrogen and oxygen atoms in total. The molecule has 1 N–H and O–H groups in total. The standard InChI is InChI=1S/C25H20N4O2S/c1-16(22-26-20-13-7-5-11-18(20)23(30)28-22)32-25-27-21-14-8-6-12-19(21)24(31)29(25)15-17-9-3-2-4-10-17/h2-14,16H,15H2,1H3,(H,26,28,30). The number of hydrogen-bond acceptors (Lipinski definition) is 5. The lowest BCUT2D eigenvalue weighted by atomic mass is 10.2. The summed E-state index contributed by atoms with van der Waals surface area (Å²) in [4.78, 5) is 38.2. The minimum atomic E-state index is -0.220. The Hall–Kier alpha value is -3.71. The van der Waals surface area contributed by atoms with Crippen molar-refractivity contribution in [2.75, 3.05) is 0 Å². The summed E-state index contributed by atoms with van der Waals surface area (Å²) in [6, 6.07) is 24.4. The maximum atomic E-state index is 13.3. The van der Waals surface area contributed by atoms with Crippen LogP contribution in [0.2, 0.25) is 0 Å². The van der Waals surface area contributed by atoms with Crippen LogP contribution in [0.5, 0.6) is 0 Å². The molecule has 0 saturated heterocycles. The molecule has 0 aliphatic rings. The maximum Gasteiger partial charge on any atom is 0.262 e. The Morgan fingerprint density at radius 2 is 1.47 bits per heavy atom. The Morgan fingerprint density at radius 1 is 0.844 bits per heavy atom. The Kier molecular flexibility index (Phi) is 5.33. The molecule has 0 amide bonds. The molecule has 1 unspecified atom stereocenters. The number of fused-ring (bicyclic) bond motifs is 2. The summed E-state index contributed by atoms with van der Waals surface area (Å²) >= 11 is 1.41. The molecule has 0 saturated carbocycles. The highest BCUT2D eigenvalue weighted by Crippen LogP contribution is 2.32. The molecular weight excluding hydrogens is 420 g/mol. The van der Waals surface area contributed by atoms with E-state index < -0.39 is 0 Å². The lowest BCUT2D eigenvalue weighted by molar-refractivity contribution is 0.656. The largest absolute Gasteiger partial charge is 0.309 e. The monoisotopic (exact) mass is 440 g/mol. The molecule has 2 aromatic heterocycles. The second-order valence-corrected chi connectivity index (χ2v) is 8.82. The average Bonchev–Trinajstić information content (AvgIpc) is 2.82. The fourth-order valence-electron chi connectivity index (χ4n) is 3.65. The third kappa shape index (κ3) is 3.83. The summed E-state index contributed by atoms with van der Waals surface area (Å²) in [5.41, 5.74) is 2.04. The number of aromatic nitrogens is 4. The molecule has 7 heteroatoms. The molecule has 0 aliphatic carbocycles. The van der Waals surface area contributed by atoms with Crippen molar-refractivity contribution in [3.8, 4) is 0 Å². The molecule has 5 aromatic rings. The van der Waals surface area contributed by atoms with Gasteiger partial charge in [-0.2, -0.15) is 0 Å². The Morgan fingerprint density at radius 3 is 2.22 bits per heavy atom. The fraction of sp³-hybridized carbons (Fsp3) is 0.120. The van der Waals surface area contributed by atoms with Crippen LogP contribution in [0.15, 0.2) is 93.6 Å². The van der Waals surface area contributed by atoms with Crippen molar-refractivity contribution in [3.05, 3.63) is 111 Å². The molecule has 5 rings (SSSR count). The first-order valence-electron chi connectivity index (χ1n) is 10.3. The Labute approximate surface area is 188 Å².